The zero-order valence-electron chi connectivity index (χ0n) is 8.93. The highest BCUT2D eigenvalue weighted by Crippen LogP contribution is 2.29. The van der Waals surface area contributed by atoms with Crippen LogP contribution in [0.2, 0.25) is 0 Å². The fourth-order valence-corrected chi connectivity index (χ4v) is 1.63. The summed E-state index contributed by atoms with van der Waals surface area (Å²) in [7, 11) is 0. The molecule has 16 heavy (non-hydrogen) atoms. The van der Waals surface area contributed by atoms with E-state index in [0.717, 1.165) is 12.3 Å². The molecule has 1 aliphatic rings. The van der Waals surface area contributed by atoms with E-state index in [1.807, 2.05) is 0 Å². The van der Waals surface area contributed by atoms with Crippen molar-refractivity contribution in [1.82, 2.24) is 9.97 Å². The number of carbonyl (C=O) groups is 1. The summed E-state index contributed by atoms with van der Waals surface area (Å²) in [6.45, 7) is 0.586. The summed E-state index contributed by atoms with van der Waals surface area (Å²) in [6, 6.07) is 0. The first-order valence-electron chi connectivity index (χ1n) is 5.44. The van der Waals surface area contributed by atoms with Gasteiger partial charge in [-0.2, -0.15) is 0 Å². The Labute approximate surface area is 93.5 Å². The molecule has 0 aliphatic heterocycles. The normalized spacial score (nSPS) is 15.5. The summed E-state index contributed by atoms with van der Waals surface area (Å²) in [5, 5.41) is 8.71. The predicted octanol–water partition coefficient (Wildman–Crippen LogP) is 1.74. The molecule has 1 aromatic rings. The SMILES string of the molecule is O=C(O)c1cncc(OCCC2CCC2)n1. The molecular weight excluding hydrogens is 208 g/mol. The molecular formula is C11H14N2O3. The summed E-state index contributed by atoms with van der Waals surface area (Å²) < 4.78 is 5.37. The molecule has 0 saturated heterocycles. The van der Waals surface area contributed by atoms with Gasteiger partial charge in [0.1, 0.15) is 0 Å². The van der Waals surface area contributed by atoms with E-state index >= 15 is 0 Å². The molecule has 1 fully saturated rings. The fraction of sp³-hybridized carbons (Fsp3) is 0.545. The number of ether oxygens (including phenoxy) is 1. The van der Waals surface area contributed by atoms with Crippen LogP contribution in [-0.4, -0.2) is 27.7 Å². The highest BCUT2D eigenvalue weighted by Gasteiger charge is 2.17. The third-order valence-corrected chi connectivity index (χ3v) is 2.83. The van der Waals surface area contributed by atoms with Gasteiger partial charge in [0, 0.05) is 0 Å². The van der Waals surface area contributed by atoms with E-state index in [1.165, 1.54) is 31.7 Å². The Morgan fingerprint density at radius 2 is 2.31 bits per heavy atom. The topological polar surface area (TPSA) is 72.3 Å². The number of aromatic nitrogens is 2. The third-order valence-electron chi connectivity index (χ3n) is 2.83. The maximum Gasteiger partial charge on any atom is 0.356 e. The molecule has 5 heteroatoms. The van der Waals surface area contributed by atoms with Crippen molar-refractivity contribution >= 4 is 5.97 Å². The summed E-state index contributed by atoms with van der Waals surface area (Å²) in [4.78, 5) is 18.2. The number of hydrogen-bond donors (Lipinski definition) is 1. The molecule has 1 N–H and O–H groups in total. The molecule has 0 atom stereocenters. The molecule has 0 amide bonds. The molecule has 1 aliphatic carbocycles. The second-order valence-electron chi connectivity index (χ2n) is 3.98. The number of carboxylic acid groups (broad SMARTS) is 1. The monoisotopic (exact) mass is 222 g/mol. The van der Waals surface area contributed by atoms with E-state index in [9.17, 15) is 4.79 Å². The van der Waals surface area contributed by atoms with Crippen molar-refractivity contribution in [1.29, 1.82) is 0 Å². The van der Waals surface area contributed by atoms with Gasteiger partial charge in [-0.3, -0.25) is 4.98 Å². The fourth-order valence-electron chi connectivity index (χ4n) is 1.63. The smallest absolute Gasteiger partial charge is 0.356 e. The largest absolute Gasteiger partial charge is 0.477 e. The van der Waals surface area contributed by atoms with Crippen LogP contribution in [0.5, 0.6) is 5.88 Å². The minimum Gasteiger partial charge on any atom is -0.477 e. The van der Waals surface area contributed by atoms with Crippen molar-refractivity contribution in [3.63, 3.8) is 0 Å². The second kappa shape index (κ2) is 4.92. The van der Waals surface area contributed by atoms with Crippen molar-refractivity contribution in [2.75, 3.05) is 6.61 Å². The van der Waals surface area contributed by atoms with Gasteiger partial charge in [0.25, 0.3) is 0 Å². The maximum atomic E-state index is 10.6. The molecule has 1 saturated carbocycles. The van der Waals surface area contributed by atoms with Gasteiger partial charge in [-0.25, -0.2) is 9.78 Å². The van der Waals surface area contributed by atoms with E-state index in [2.05, 4.69) is 9.97 Å². The predicted molar refractivity (Wildman–Crippen MR) is 56.4 cm³/mol. The van der Waals surface area contributed by atoms with Gasteiger partial charge in [0.2, 0.25) is 5.88 Å². The van der Waals surface area contributed by atoms with Crippen molar-refractivity contribution in [3.05, 3.63) is 18.1 Å². The molecule has 0 aromatic carbocycles. The molecule has 2 rings (SSSR count). The zero-order chi connectivity index (χ0) is 11.4. The number of hydrogen-bond acceptors (Lipinski definition) is 4. The molecule has 1 heterocycles. The summed E-state index contributed by atoms with van der Waals surface area (Å²) in [6.07, 6.45) is 7.54. The highest BCUT2D eigenvalue weighted by molar-refractivity contribution is 5.84. The standard InChI is InChI=1S/C11H14N2O3/c14-11(15)9-6-12-7-10(13-9)16-5-4-8-2-1-3-8/h6-8H,1-5H2,(H,14,15). The van der Waals surface area contributed by atoms with Crippen molar-refractivity contribution < 1.29 is 14.6 Å². The van der Waals surface area contributed by atoms with E-state index < -0.39 is 5.97 Å². The number of nitrogens with zero attached hydrogens (tertiary/aromatic N) is 2. The second-order valence-corrected chi connectivity index (χ2v) is 3.98. The Morgan fingerprint density at radius 3 is 2.94 bits per heavy atom. The van der Waals surface area contributed by atoms with Gasteiger partial charge >= 0.3 is 5.97 Å². The summed E-state index contributed by atoms with van der Waals surface area (Å²) in [5.74, 6) is -0.0215. The molecule has 0 radical (unpaired) electrons. The Bertz CT molecular complexity index is 377. The molecule has 5 nitrogen and oxygen atoms in total. The van der Waals surface area contributed by atoms with Crippen LogP contribution in [0.1, 0.15) is 36.2 Å². The molecule has 1 aromatic heterocycles. The van der Waals surface area contributed by atoms with E-state index in [0.29, 0.717) is 12.5 Å². The lowest BCUT2D eigenvalue weighted by Crippen LogP contribution is -2.15. The number of aromatic carboxylic acids is 1. The lowest BCUT2D eigenvalue weighted by Gasteiger charge is -2.24. The van der Waals surface area contributed by atoms with Gasteiger partial charge in [0.15, 0.2) is 5.69 Å². The van der Waals surface area contributed by atoms with Crippen LogP contribution in [-0.2, 0) is 0 Å². The molecule has 0 spiro atoms. The van der Waals surface area contributed by atoms with Gasteiger partial charge < -0.3 is 9.84 Å². The number of carboxylic acids is 1. The van der Waals surface area contributed by atoms with Crippen LogP contribution in [0.15, 0.2) is 12.4 Å². The lowest BCUT2D eigenvalue weighted by molar-refractivity contribution is 0.0688. The molecule has 86 valence electrons. The maximum absolute atomic E-state index is 10.6. The third kappa shape index (κ3) is 2.68. The molecule has 0 bridgehead atoms. The Kier molecular flexibility index (Phi) is 3.34. The average Bonchev–Trinajstić information content (AvgIpc) is 2.22. The quantitative estimate of drug-likeness (QED) is 0.821. The minimum absolute atomic E-state index is 0.0823. The Balaban J connectivity index is 1.83. The van der Waals surface area contributed by atoms with E-state index in [-0.39, 0.29) is 5.69 Å². The van der Waals surface area contributed by atoms with E-state index in [1.54, 1.807) is 0 Å². The Morgan fingerprint density at radius 1 is 1.50 bits per heavy atom. The van der Waals surface area contributed by atoms with Crippen LogP contribution >= 0.6 is 0 Å². The van der Waals surface area contributed by atoms with Crippen LogP contribution in [0, 0.1) is 5.92 Å². The lowest BCUT2D eigenvalue weighted by atomic mass is 9.83. The van der Waals surface area contributed by atoms with Crippen molar-refractivity contribution in [3.8, 4) is 5.88 Å². The first-order valence-corrected chi connectivity index (χ1v) is 5.44. The van der Waals surface area contributed by atoms with Gasteiger partial charge in [-0.15, -0.1) is 0 Å². The summed E-state index contributed by atoms with van der Waals surface area (Å²) in [5.41, 5.74) is -0.0823. The first kappa shape index (κ1) is 10.9. The molecule has 0 unspecified atom stereocenters. The minimum atomic E-state index is -1.09. The van der Waals surface area contributed by atoms with Crippen molar-refractivity contribution in [2.45, 2.75) is 25.7 Å². The Hall–Kier alpha value is -1.65. The van der Waals surface area contributed by atoms with Crippen LogP contribution < -0.4 is 4.74 Å². The first-order chi connectivity index (χ1) is 7.75. The van der Waals surface area contributed by atoms with Gasteiger partial charge in [-0.1, -0.05) is 19.3 Å². The van der Waals surface area contributed by atoms with E-state index in [4.69, 9.17) is 9.84 Å². The highest BCUT2D eigenvalue weighted by atomic mass is 16.5. The summed E-state index contributed by atoms with van der Waals surface area (Å²) >= 11 is 0. The average molecular weight is 222 g/mol. The van der Waals surface area contributed by atoms with Gasteiger partial charge in [-0.05, 0) is 12.3 Å². The zero-order valence-corrected chi connectivity index (χ0v) is 8.93. The number of rotatable bonds is 5. The van der Waals surface area contributed by atoms with Crippen LogP contribution in [0.3, 0.4) is 0 Å². The van der Waals surface area contributed by atoms with Crippen LogP contribution in [0.4, 0.5) is 0 Å². The van der Waals surface area contributed by atoms with Crippen LogP contribution in [0.25, 0.3) is 0 Å². The van der Waals surface area contributed by atoms with Crippen molar-refractivity contribution in [2.24, 2.45) is 5.92 Å². The van der Waals surface area contributed by atoms with Gasteiger partial charge in [0.05, 0.1) is 19.0 Å².